The Kier molecular flexibility index (Phi) is 5.43. The molecular formula is C8H12N2O3. The van der Waals surface area contributed by atoms with Crippen LogP contribution in [-0.4, -0.2) is 34.3 Å². The van der Waals surface area contributed by atoms with Crippen molar-refractivity contribution in [3.63, 3.8) is 0 Å². The Balaban J connectivity index is 4.53. The van der Waals surface area contributed by atoms with Gasteiger partial charge in [0.05, 0.1) is 6.61 Å². The zero-order chi connectivity index (χ0) is 10.3. The van der Waals surface area contributed by atoms with E-state index in [1.54, 1.807) is 13.8 Å². The van der Waals surface area contributed by atoms with Gasteiger partial charge < -0.3 is 15.4 Å². The SMILES string of the molecule is C/C=C/[C@H](O)C(=[N+]=[N-])C(=O)OCC. The van der Waals surface area contributed by atoms with E-state index in [1.165, 1.54) is 12.2 Å². The molecule has 0 rings (SSSR count). The zero-order valence-electron chi connectivity index (χ0n) is 7.60. The molecule has 0 aliphatic rings. The van der Waals surface area contributed by atoms with Gasteiger partial charge in [0.1, 0.15) is 0 Å². The summed E-state index contributed by atoms with van der Waals surface area (Å²) in [5.74, 6) is -0.824. The Morgan fingerprint density at radius 3 is 2.77 bits per heavy atom. The molecule has 72 valence electrons. The molecule has 5 heteroatoms. The topological polar surface area (TPSA) is 82.9 Å². The second-order valence-corrected chi connectivity index (χ2v) is 2.18. The summed E-state index contributed by atoms with van der Waals surface area (Å²) < 4.78 is 4.54. The van der Waals surface area contributed by atoms with E-state index < -0.39 is 17.8 Å². The molecule has 0 saturated carbocycles. The van der Waals surface area contributed by atoms with E-state index in [0.717, 1.165) is 0 Å². The number of carbonyl (C=O) groups excluding carboxylic acids is 1. The van der Waals surface area contributed by atoms with Gasteiger partial charge >= 0.3 is 11.7 Å². The maximum atomic E-state index is 11.0. The maximum Gasteiger partial charge on any atom is 0.420 e. The van der Waals surface area contributed by atoms with Crippen LogP contribution in [0.1, 0.15) is 13.8 Å². The first-order chi connectivity index (χ1) is 6.17. The fraction of sp³-hybridized carbons (Fsp3) is 0.500. The molecule has 0 heterocycles. The van der Waals surface area contributed by atoms with Crippen molar-refractivity contribution in [3.8, 4) is 0 Å². The van der Waals surface area contributed by atoms with E-state index in [9.17, 15) is 9.90 Å². The Bertz CT molecular complexity index is 254. The van der Waals surface area contributed by atoms with Crippen molar-refractivity contribution in [3.05, 3.63) is 17.7 Å². The molecule has 1 atom stereocenters. The van der Waals surface area contributed by atoms with Gasteiger partial charge in [0.25, 0.3) is 0 Å². The zero-order valence-corrected chi connectivity index (χ0v) is 7.60. The maximum absolute atomic E-state index is 11.0. The number of carbonyl (C=O) groups is 1. The minimum Gasteiger partial charge on any atom is -0.457 e. The van der Waals surface area contributed by atoms with Crippen LogP contribution in [-0.2, 0) is 9.53 Å². The molecule has 0 radical (unpaired) electrons. The Labute approximate surface area is 76.3 Å². The standard InChI is InChI=1S/C8H12N2O3/c1-3-5-6(11)7(10-9)8(12)13-4-2/h3,5-6,11H,4H2,1-2H3/b5-3+/t6-/m0/s1. The summed E-state index contributed by atoms with van der Waals surface area (Å²) in [6.07, 6.45) is 1.62. The molecule has 0 fully saturated rings. The lowest BCUT2D eigenvalue weighted by atomic mass is 10.2. The second-order valence-electron chi connectivity index (χ2n) is 2.18. The second kappa shape index (κ2) is 6.11. The molecule has 0 unspecified atom stereocenters. The molecule has 0 aromatic heterocycles. The predicted octanol–water partition coefficient (Wildman–Crippen LogP) is 0.157. The monoisotopic (exact) mass is 184 g/mol. The molecule has 0 aliphatic carbocycles. The summed E-state index contributed by atoms with van der Waals surface area (Å²) in [4.78, 5) is 13.6. The predicted molar refractivity (Wildman–Crippen MR) is 46.1 cm³/mol. The number of aliphatic hydroxyl groups excluding tert-OH is 1. The molecule has 0 aromatic rings. The summed E-state index contributed by atoms with van der Waals surface area (Å²) in [5, 5.41) is 9.23. The lowest BCUT2D eigenvalue weighted by molar-refractivity contribution is -0.141. The number of esters is 1. The highest BCUT2D eigenvalue weighted by Gasteiger charge is 2.28. The number of nitrogens with zero attached hydrogens (tertiary/aromatic N) is 2. The Hall–Kier alpha value is -1.45. The van der Waals surface area contributed by atoms with Crippen LogP contribution in [0.5, 0.6) is 0 Å². The van der Waals surface area contributed by atoms with Gasteiger partial charge in [-0.25, -0.2) is 4.79 Å². The van der Waals surface area contributed by atoms with Crippen LogP contribution in [0.4, 0.5) is 0 Å². The van der Waals surface area contributed by atoms with Crippen molar-refractivity contribution in [2.45, 2.75) is 20.0 Å². The summed E-state index contributed by atoms with van der Waals surface area (Å²) in [6, 6.07) is 0. The Morgan fingerprint density at radius 2 is 2.38 bits per heavy atom. The summed E-state index contributed by atoms with van der Waals surface area (Å²) in [7, 11) is 0. The first-order valence-corrected chi connectivity index (χ1v) is 3.87. The number of hydrogen-bond acceptors (Lipinski definition) is 3. The highest BCUT2D eigenvalue weighted by Crippen LogP contribution is 1.92. The minimum absolute atomic E-state index is 0.167. The summed E-state index contributed by atoms with van der Waals surface area (Å²) in [5.41, 5.74) is 8.00. The van der Waals surface area contributed by atoms with E-state index in [1.807, 2.05) is 0 Å². The van der Waals surface area contributed by atoms with Crippen LogP contribution in [0.3, 0.4) is 0 Å². The van der Waals surface area contributed by atoms with E-state index in [4.69, 9.17) is 5.53 Å². The highest BCUT2D eigenvalue weighted by molar-refractivity contribution is 6.36. The molecule has 1 N–H and O–H groups in total. The molecule has 5 nitrogen and oxygen atoms in total. The molecule has 0 amide bonds. The van der Waals surface area contributed by atoms with E-state index in [0.29, 0.717) is 0 Å². The fourth-order valence-electron chi connectivity index (χ4n) is 0.699. The van der Waals surface area contributed by atoms with Crippen LogP contribution < -0.4 is 0 Å². The number of allylic oxidation sites excluding steroid dienone is 1. The summed E-state index contributed by atoms with van der Waals surface area (Å²) in [6.45, 7) is 3.46. The van der Waals surface area contributed by atoms with Crippen molar-refractivity contribution in [1.29, 1.82) is 0 Å². The highest BCUT2D eigenvalue weighted by atomic mass is 16.5. The molecular weight excluding hydrogens is 172 g/mol. The van der Waals surface area contributed by atoms with Crippen LogP contribution in [0.2, 0.25) is 0 Å². The third kappa shape index (κ3) is 3.64. The van der Waals surface area contributed by atoms with Crippen LogP contribution in [0.15, 0.2) is 12.2 Å². The molecule has 0 aliphatic heterocycles. The Morgan fingerprint density at radius 1 is 1.77 bits per heavy atom. The van der Waals surface area contributed by atoms with Gasteiger partial charge in [0, 0.05) is 0 Å². The van der Waals surface area contributed by atoms with Crippen molar-refractivity contribution in [1.82, 2.24) is 0 Å². The lowest BCUT2D eigenvalue weighted by Crippen LogP contribution is -2.29. The third-order valence-electron chi connectivity index (χ3n) is 1.25. The van der Waals surface area contributed by atoms with E-state index in [2.05, 4.69) is 9.53 Å². The van der Waals surface area contributed by atoms with Gasteiger partial charge in [0.15, 0.2) is 6.10 Å². The third-order valence-corrected chi connectivity index (χ3v) is 1.25. The smallest absolute Gasteiger partial charge is 0.420 e. The van der Waals surface area contributed by atoms with Gasteiger partial charge in [-0.05, 0) is 19.9 Å². The average molecular weight is 184 g/mol. The van der Waals surface area contributed by atoms with Gasteiger partial charge in [-0.15, -0.1) is 0 Å². The van der Waals surface area contributed by atoms with E-state index >= 15 is 0 Å². The van der Waals surface area contributed by atoms with Gasteiger partial charge in [-0.3, -0.25) is 0 Å². The molecule has 13 heavy (non-hydrogen) atoms. The number of ether oxygens (including phenoxy) is 1. The fourth-order valence-corrected chi connectivity index (χ4v) is 0.699. The van der Waals surface area contributed by atoms with E-state index in [-0.39, 0.29) is 6.61 Å². The average Bonchev–Trinajstić information content (AvgIpc) is 2.06. The quantitative estimate of drug-likeness (QED) is 0.222. The number of hydrogen-bond donors (Lipinski definition) is 1. The van der Waals surface area contributed by atoms with Gasteiger partial charge in [-0.1, -0.05) is 6.08 Å². The first-order valence-electron chi connectivity index (χ1n) is 3.87. The minimum atomic E-state index is -1.23. The van der Waals surface area contributed by atoms with Crippen molar-refractivity contribution < 1.29 is 19.4 Å². The normalized spacial score (nSPS) is 12.2. The molecule has 0 bridgehead atoms. The first kappa shape index (κ1) is 11.6. The van der Waals surface area contributed by atoms with Crippen LogP contribution in [0.25, 0.3) is 5.53 Å². The van der Waals surface area contributed by atoms with Crippen LogP contribution >= 0.6 is 0 Å². The van der Waals surface area contributed by atoms with Crippen LogP contribution in [0, 0.1) is 0 Å². The van der Waals surface area contributed by atoms with Crippen molar-refractivity contribution in [2.24, 2.45) is 0 Å². The van der Waals surface area contributed by atoms with Gasteiger partial charge in [0.2, 0.25) is 0 Å². The number of rotatable bonds is 4. The molecule has 0 spiro atoms. The summed E-state index contributed by atoms with van der Waals surface area (Å²) >= 11 is 0. The van der Waals surface area contributed by atoms with Crippen molar-refractivity contribution in [2.75, 3.05) is 6.61 Å². The van der Waals surface area contributed by atoms with Crippen molar-refractivity contribution >= 4 is 11.7 Å². The number of aliphatic hydroxyl groups is 1. The van der Waals surface area contributed by atoms with Gasteiger partial charge in [-0.2, -0.15) is 4.79 Å². The largest absolute Gasteiger partial charge is 0.457 e. The molecule has 0 saturated heterocycles. The lowest BCUT2D eigenvalue weighted by Gasteiger charge is -1.99. The molecule has 0 aromatic carbocycles.